The lowest BCUT2D eigenvalue weighted by atomic mass is 10.1. The number of hydrogen-bond acceptors (Lipinski definition) is 5. The van der Waals surface area contributed by atoms with Gasteiger partial charge in [-0.25, -0.2) is 9.97 Å². The zero-order valence-electron chi connectivity index (χ0n) is 11.0. The zero-order valence-corrected chi connectivity index (χ0v) is 11.8. The van der Waals surface area contributed by atoms with Crippen molar-refractivity contribution < 1.29 is 4.74 Å². The molecule has 3 aromatic rings. The molecule has 0 atom stereocenters. The first kappa shape index (κ1) is 13.2. The zero-order chi connectivity index (χ0) is 15.0. The van der Waals surface area contributed by atoms with Crippen molar-refractivity contribution in [2.45, 2.75) is 0 Å². The Hall–Kier alpha value is -2.78. The Kier molecular flexibility index (Phi) is 3.12. The van der Waals surface area contributed by atoms with E-state index >= 15 is 0 Å². The molecule has 21 heavy (non-hydrogen) atoms. The molecular weight excluding hydrogens is 290 g/mol. The van der Waals surface area contributed by atoms with Crippen LogP contribution in [0, 0.1) is 11.3 Å². The number of benzene rings is 1. The molecule has 0 unspecified atom stereocenters. The summed E-state index contributed by atoms with van der Waals surface area (Å²) in [7, 11) is 1.53. The highest BCUT2D eigenvalue weighted by atomic mass is 35.5. The van der Waals surface area contributed by atoms with Gasteiger partial charge in [0.1, 0.15) is 23.0 Å². The quantitative estimate of drug-likeness (QED) is 0.785. The number of methoxy groups -OCH3 is 1. The number of hydrogen-bond donors (Lipinski definition) is 1. The highest BCUT2D eigenvalue weighted by Gasteiger charge is 2.18. The van der Waals surface area contributed by atoms with Crippen molar-refractivity contribution >= 4 is 28.7 Å². The number of nitrogen functional groups attached to an aromatic ring is 1. The fourth-order valence-electron chi connectivity index (χ4n) is 2.19. The van der Waals surface area contributed by atoms with E-state index in [1.54, 1.807) is 28.8 Å². The number of aromatic nitrogens is 3. The Bertz CT molecular complexity index is 881. The fraction of sp³-hybridized carbons (Fsp3) is 0.0714. The number of rotatable bonds is 2. The van der Waals surface area contributed by atoms with Gasteiger partial charge >= 0.3 is 0 Å². The molecule has 3 rings (SSSR count). The number of fused-ring (bicyclic) bond motifs is 1. The predicted molar refractivity (Wildman–Crippen MR) is 79.6 cm³/mol. The van der Waals surface area contributed by atoms with E-state index in [9.17, 15) is 5.26 Å². The summed E-state index contributed by atoms with van der Waals surface area (Å²) in [5.41, 5.74) is 7.97. The average Bonchev–Trinajstić information content (AvgIpc) is 2.80. The van der Waals surface area contributed by atoms with E-state index in [4.69, 9.17) is 22.1 Å². The fourth-order valence-corrected chi connectivity index (χ4v) is 2.34. The van der Waals surface area contributed by atoms with Crippen molar-refractivity contribution in [3.05, 3.63) is 41.0 Å². The van der Waals surface area contributed by atoms with Gasteiger partial charge in [-0.05, 0) is 18.2 Å². The van der Waals surface area contributed by atoms with Crippen LogP contribution >= 0.6 is 11.6 Å². The van der Waals surface area contributed by atoms with Gasteiger partial charge in [-0.2, -0.15) is 5.26 Å². The number of ether oxygens (including phenoxy) is 1. The van der Waals surface area contributed by atoms with Crippen molar-refractivity contribution in [2.24, 2.45) is 0 Å². The molecule has 2 aromatic heterocycles. The molecule has 0 saturated carbocycles. The largest absolute Gasteiger partial charge is 0.495 e. The highest BCUT2D eigenvalue weighted by molar-refractivity contribution is 6.31. The van der Waals surface area contributed by atoms with Gasteiger partial charge < -0.3 is 10.5 Å². The minimum Gasteiger partial charge on any atom is -0.495 e. The van der Waals surface area contributed by atoms with E-state index in [-0.39, 0.29) is 5.95 Å². The number of para-hydroxylation sites is 1. The molecule has 0 aliphatic carbocycles. The Morgan fingerprint density at radius 3 is 2.95 bits per heavy atom. The Morgan fingerprint density at radius 1 is 1.43 bits per heavy atom. The number of nitrogens with zero attached hydrogens (tertiary/aromatic N) is 4. The van der Waals surface area contributed by atoms with Crippen molar-refractivity contribution in [3.63, 3.8) is 0 Å². The molecule has 0 aliphatic rings. The van der Waals surface area contributed by atoms with Crippen LogP contribution in [0.2, 0.25) is 5.02 Å². The Morgan fingerprint density at radius 2 is 2.24 bits per heavy atom. The summed E-state index contributed by atoms with van der Waals surface area (Å²) in [6.07, 6.45) is 1.50. The van der Waals surface area contributed by atoms with Crippen LogP contribution in [0.5, 0.6) is 5.75 Å². The minimum absolute atomic E-state index is 0.209. The summed E-state index contributed by atoms with van der Waals surface area (Å²) < 4.78 is 6.92. The van der Waals surface area contributed by atoms with Crippen LogP contribution in [0.3, 0.4) is 0 Å². The number of anilines is 1. The van der Waals surface area contributed by atoms with E-state index in [2.05, 4.69) is 16.0 Å². The molecule has 7 heteroatoms. The molecule has 0 amide bonds. The third-order valence-electron chi connectivity index (χ3n) is 3.05. The molecular formula is C14H10ClN5O. The summed E-state index contributed by atoms with van der Waals surface area (Å²) >= 11 is 5.91. The van der Waals surface area contributed by atoms with Gasteiger partial charge in [0.2, 0.25) is 5.95 Å². The van der Waals surface area contributed by atoms with Crippen LogP contribution in [0.4, 0.5) is 5.95 Å². The monoisotopic (exact) mass is 299 g/mol. The molecule has 0 spiro atoms. The summed E-state index contributed by atoms with van der Waals surface area (Å²) in [5.74, 6) is 0.720. The molecule has 0 bridgehead atoms. The van der Waals surface area contributed by atoms with Crippen molar-refractivity contribution in [2.75, 3.05) is 12.8 Å². The maximum Gasteiger partial charge on any atom is 0.207 e. The topological polar surface area (TPSA) is 89.8 Å². The summed E-state index contributed by atoms with van der Waals surface area (Å²) in [5, 5.41) is 9.79. The summed E-state index contributed by atoms with van der Waals surface area (Å²) in [6, 6.07) is 8.95. The molecule has 2 N–H and O–H groups in total. The Labute approximate surface area is 125 Å². The average molecular weight is 300 g/mol. The lowest BCUT2D eigenvalue weighted by Crippen LogP contribution is -2.05. The third-order valence-corrected chi connectivity index (χ3v) is 3.26. The number of nitriles is 1. The van der Waals surface area contributed by atoms with Gasteiger partial charge in [-0.1, -0.05) is 17.7 Å². The molecule has 0 aliphatic heterocycles. The molecule has 0 saturated heterocycles. The molecule has 1 aromatic carbocycles. The van der Waals surface area contributed by atoms with Gasteiger partial charge in [0, 0.05) is 6.20 Å². The maximum absolute atomic E-state index is 9.32. The summed E-state index contributed by atoms with van der Waals surface area (Å²) in [4.78, 5) is 8.48. The third kappa shape index (κ3) is 2.04. The van der Waals surface area contributed by atoms with Gasteiger partial charge in [0.25, 0.3) is 0 Å². The van der Waals surface area contributed by atoms with E-state index in [1.807, 2.05) is 0 Å². The van der Waals surface area contributed by atoms with Gasteiger partial charge in [0.05, 0.1) is 17.7 Å². The standard InChI is InChI=1S/C14H10ClN5O/c1-21-11-4-2-3-8(6-16)12(11)20-13-10(19-14(20)17)5-9(15)7-18-13/h2-5,7H,1H3,(H2,17,19). The van der Waals surface area contributed by atoms with E-state index in [1.165, 1.54) is 13.3 Å². The number of imidazole rings is 1. The SMILES string of the molecule is COc1cccc(C#N)c1-n1c(N)nc2cc(Cl)cnc21. The molecule has 2 heterocycles. The molecule has 104 valence electrons. The lowest BCUT2D eigenvalue weighted by Gasteiger charge is -2.12. The van der Waals surface area contributed by atoms with Gasteiger partial charge in [-0.15, -0.1) is 0 Å². The number of pyridine rings is 1. The number of halogens is 1. The first-order chi connectivity index (χ1) is 10.2. The lowest BCUT2D eigenvalue weighted by molar-refractivity contribution is 0.413. The molecule has 0 fully saturated rings. The van der Waals surface area contributed by atoms with Crippen LogP contribution in [-0.4, -0.2) is 21.6 Å². The maximum atomic E-state index is 9.32. The molecule has 0 radical (unpaired) electrons. The second-order valence-electron chi connectivity index (χ2n) is 4.27. The van der Waals surface area contributed by atoms with Crippen LogP contribution in [-0.2, 0) is 0 Å². The second-order valence-corrected chi connectivity index (χ2v) is 4.71. The van der Waals surface area contributed by atoms with E-state index in [0.29, 0.717) is 33.2 Å². The van der Waals surface area contributed by atoms with E-state index in [0.717, 1.165) is 0 Å². The first-order valence-electron chi connectivity index (χ1n) is 6.02. The van der Waals surface area contributed by atoms with Crippen LogP contribution < -0.4 is 10.5 Å². The Balaban J connectivity index is 2.41. The smallest absolute Gasteiger partial charge is 0.207 e. The van der Waals surface area contributed by atoms with Gasteiger partial charge in [0.15, 0.2) is 5.65 Å². The van der Waals surface area contributed by atoms with Crippen molar-refractivity contribution in [1.82, 2.24) is 14.5 Å². The highest BCUT2D eigenvalue weighted by Crippen LogP contribution is 2.31. The van der Waals surface area contributed by atoms with Crippen molar-refractivity contribution in [3.8, 4) is 17.5 Å². The molecule has 6 nitrogen and oxygen atoms in total. The van der Waals surface area contributed by atoms with Crippen LogP contribution in [0.25, 0.3) is 16.9 Å². The van der Waals surface area contributed by atoms with Gasteiger partial charge in [-0.3, -0.25) is 4.57 Å². The van der Waals surface area contributed by atoms with Crippen molar-refractivity contribution in [1.29, 1.82) is 5.26 Å². The normalized spacial score (nSPS) is 10.5. The first-order valence-corrected chi connectivity index (χ1v) is 6.40. The second kappa shape index (κ2) is 4.96. The minimum atomic E-state index is 0.209. The number of nitrogens with two attached hydrogens (primary N) is 1. The van der Waals surface area contributed by atoms with E-state index < -0.39 is 0 Å². The van der Waals surface area contributed by atoms with Crippen LogP contribution in [0.15, 0.2) is 30.5 Å². The van der Waals surface area contributed by atoms with Crippen LogP contribution in [0.1, 0.15) is 5.56 Å². The summed E-state index contributed by atoms with van der Waals surface area (Å²) in [6.45, 7) is 0. The predicted octanol–water partition coefficient (Wildman–Crippen LogP) is 2.54.